The molecule has 0 spiro atoms. The summed E-state index contributed by atoms with van der Waals surface area (Å²) in [4.78, 5) is 10.9. The summed E-state index contributed by atoms with van der Waals surface area (Å²) < 4.78 is 4.73. The number of esters is 1. The SMILES string of the molecule is CCOC(=O)CCc1cc(O)n[nH]1. The number of hydrogen-bond donors (Lipinski definition) is 2. The summed E-state index contributed by atoms with van der Waals surface area (Å²) in [6.07, 6.45) is 0.807. The number of aromatic hydroxyl groups is 1. The van der Waals surface area contributed by atoms with Gasteiger partial charge in [-0.15, -0.1) is 5.10 Å². The summed E-state index contributed by atoms with van der Waals surface area (Å²) in [7, 11) is 0. The van der Waals surface area contributed by atoms with Gasteiger partial charge in [0.2, 0.25) is 5.88 Å². The fourth-order valence-electron chi connectivity index (χ4n) is 0.947. The third kappa shape index (κ3) is 3.14. The van der Waals surface area contributed by atoms with Crippen LogP contribution in [0.25, 0.3) is 0 Å². The molecule has 0 fully saturated rings. The quantitative estimate of drug-likeness (QED) is 0.672. The number of carbonyl (C=O) groups is 1. The molecule has 0 saturated heterocycles. The van der Waals surface area contributed by atoms with Crippen LogP contribution in [0, 0.1) is 0 Å². The standard InChI is InChI=1S/C8H12N2O3/c1-2-13-8(12)4-3-6-5-7(11)10-9-6/h5H,2-4H2,1H3,(H2,9,10,11). The number of nitrogens with zero attached hydrogens (tertiary/aromatic N) is 1. The third-order valence-electron chi connectivity index (χ3n) is 1.52. The first-order chi connectivity index (χ1) is 6.22. The van der Waals surface area contributed by atoms with Crippen molar-refractivity contribution in [3.63, 3.8) is 0 Å². The molecule has 1 heterocycles. The summed E-state index contributed by atoms with van der Waals surface area (Å²) in [5.74, 6) is -0.296. The molecule has 1 aromatic rings. The van der Waals surface area contributed by atoms with Crippen molar-refractivity contribution in [3.8, 4) is 5.88 Å². The Morgan fingerprint density at radius 3 is 3.08 bits per heavy atom. The predicted octanol–water partition coefficient (Wildman–Crippen LogP) is 0.611. The van der Waals surface area contributed by atoms with E-state index in [1.165, 1.54) is 6.07 Å². The molecule has 0 aliphatic rings. The molecule has 0 saturated carbocycles. The van der Waals surface area contributed by atoms with Gasteiger partial charge in [0.15, 0.2) is 0 Å². The van der Waals surface area contributed by atoms with Crippen molar-refractivity contribution in [2.75, 3.05) is 6.61 Å². The Kier molecular flexibility index (Phi) is 3.31. The maximum Gasteiger partial charge on any atom is 0.306 e. The van der Waals surface area contributed by atoms with Crippen LogP contribution in [-0.4, -0.2) is 27.9 Å². The van der Waals surface area contributed by atoms with Crippen molar-refractivity contribution in [2.24, 2.45) is 0 Å². The number of nitrogens with one attached hydrogen (secondary N) is 1. The van der Waals surface area contributed by atoms with Crippen LogP contribution in [0.1, 0.15) is 19.0 Å². The minimum Gasteiger partial charge on any atom is -0.492 e. The molecule has 1 rings (SSSR count). The molecule has 5 heteroatoms. The Balaban J connectivity index is 2.30. The van der Waals surface area contributed by atoms with Crippen LogP contribution in [0.5, 0.6) is 5.88 Å². The number of aromatic amines is 1. The predicted molar refractivity (Wildman–Crippen MR) is 45.2 cm³/mol. The summed E-state index contributed by atoms with van der Waals surface area (Å²) in [5.41, 5.74) is 0.727. The van der Waals surface area contributed by atoms with Crippen molar-refractivity contribution < 1.29 is 14.6 Å². The molecule has 2 N–H and O–H groups in total. The van der Waals surface area contributed by atoms with Gasteiger partial charge < -0.3 is 9.84 Å². The van der Waals surface area contributed by atoms with E-state index in [1.807, 2.05) is 0 Å². The maximum atomic E-state index is 10.9. The van der Waals surface area contributed by atoms with Gasteiger partial charge in [-0.25, -0.2) is 0 Å². The number of carbonyl (C=O) groups excluding carboxylic acids is 1. The first-order valence-electron chi connectivity index (χ1n) is 4.11. The number of aryl methyl sites for hydroxylation is 1. The van der Waals surface area contributed by atoms with Gasteiger partial charge in [-0.3, -0.25) is 9.89 Å². The second kappa shape index (κ2) is 4.49. The molecule has 13 heavy (non-hydrogen) atoms. The molecule has 5 nitrogen and oxygen atoms in total. The average Bonchev–Trinajstić information content (AvgIpc) is 2.49. The lowest BCUT2D eigenvalue weighted by Gasteiger charge is -1.98. The highest BCUT2D eigenvalue weighted by Gasteiger charge is 2.04. The summed E-state index contributed by atoms with van der Waals surface area (Å²) >= 11 is 0. The Morgan fingerprint density at radius 2 is 2.54 bits per heavy atom. The number of aromatic nitrogens is 2. The van der Waals surface area contributed by atoms with E-state index >= 15 is 0 Å². The van der Waals surface area contributed by atoms with Crippen LogP contribution in [0.4, 0.5) is 0 Å². The van der Waals surface area contributed by atoms with Crippen molar-refractivity contribution in [1.29, 1.82) is 0 Å². The maximum absolute atomic E-state index is 10.9. The number of ether oxygens (including phenoxy) is 1. The van der Waals surface area contributed by atoms with E-state index in [0.29, 0.717) is 19.4 Å². The van der Waals surface area contributed by atoms with Gasteiger partial charge in [0, 0.05) is 11.8 Å². The van der Waals surface area contributed by atoms with Gasteiger partial charge in [-0.2, -0.15) is 0 Å². The van der Waals surface area contributed by atoms with Crippen molar-refractivity contribution in [3.05, 3.63) is 11.8 Å². The van der Waals surface area contributed by atoms with E-state index in [9.17, 15) is 4.79 Å². The fraction of sp³-hybridized carbons (Fsp3) is 0.500. The highest BCUT2D eigenvalue weighted by Crippen LogP contribution is 2.07. The van der Waals surface area contributed by atoms with Crippen molar-refractivity contribution in [1.82, 2.24) is 10.2 Å². The molecule has 1 aromatic heterocycles. The number of rotatable bonds is 4. The lowest BCUT2D eigenvalue weighted by atomic mass is 10.2. The lowest BCUT2D eigenvalue weighted by molar-refractivity contribution is -0.143. The van der Waals surface area contributed by atoms with E-state index in [0.717, 1.165) is 5.69 Å². The van der Waals surface area contributed by atoms with E-state index in [1.54, 1.807) is 6.92 Å². The van der Waals surface area contributed by atoms with Gasteiger partial charge in [0.25, 0.3) is 0 Å². The minimum atomic E-state index is -0.239. The Labute approximate surface area is 75.7 Å². The molecule has 0 unspecified atom stereocenters. The molecule has 0 aliphatic heterocycles. The molecule has 0 bridgehead atoms. The highest BCUT2D eigenvalue weighted by atomic mass is 16.5. The first-order valence-corrected chi connectivity index (χ1v) is 4.11. The van der Waals surface area contributed by atoms with Crippen LogP contribution in [0.2, 0.25) is 0 Å². The van der Waals surface area contributed by atoms with Gasteiger partial charge >= 0.3 is 5.97 Å². The Bertz CT molecular complexity index is 283. The van der Waals surface area contributed by atoms with Crippen LogP contribution < -0.4 is 0 Å². The van der Waals surface area contributed by atoms with E-state index in [2.05, 4.69) is 10.2 Å². The highest BCUT2D eigenvalue weighted by molar-refractivity contribution is 5.69. The van der Waals surface area contributed by atoms with E-state index < -0.39 is 0 Å². The third-order valence-corrected chi connectivity index (χ3v) is 1.52. The molecule has 72 valence electrons. The summed E-state index contributed by atoms with van der Waals surface area (Å²) in [6.45, 7) is 2.16. The van der Waals surface area contributed by atoms with Crippen molar-refractivity contribution >= 4 is 5.97 Å². The fourth-order valence-corrected chi connectivity index (χ4v) is 0.947. The average molecular weight is 184 g/mol. The summed E-state index contributed by atoms with van der Waals surface area (Å²) in [5, 5.41) is 15.0. The van der Waals surface area contributed by atoms with Crippen LogP contribution >= 0.6 is 0 Å². The van der Waals surface area contributed by atoms with Crippen LogP contribution in [-0.2, 0) is 16.0 Å². The largest absolute Gasteiger partial charge is 0.492 e. The smallest absolute Gasteiger partial charge is 0.306 e. The van der Waals surface area contributed by atoms with E-state index in [4.69, 9.17) is 9.84 Å². The molecular weight excluding hydrogens is 172 g/mol. The Morgan fingerprint density at radius 1 is 1.77 bits per heavy atom. The zero-order valence-corrected chi connectivity index (χ0v) is 7.41. The van der Waals surface area contributed by atoms with E-state index in [-0.39, 0.29) is 11.8 Å². The minimum absolute atomic E-state index is 0.0566. The number of H-pyrrole nitrogens is 1. The van der Waals surface area contributed by atoms with Gasteiger partial charge in [-0.05, 0) is 13.3 Å². The molecule has 0 atom stereocenters. The monoisotopic (exact) mass is 184 g/mol. The zero-order valence-electron chi connectivity index (χ0n) is 7.41. The second-order valence-corrected chi connectivity index (χ2v) is 2.56. The van der Waals surface area contributed by atoms with Crippen molar-refractivity contribution in [2.45, 2.75) is 19.8 Å². The molecule has 0 aliphatic carbocycles. The zero-order chi connectivity index (χ0) is 9.68. The van der Waals surface area contributed by atoms with Crippen LogP contribution in [0.15, 0.2) is 6.07 Å². The normalized spacial score (nSPS) is 9.92. The Hall–Kier alpha value is -1.52. The molecule has 0 aromatic carbocycles. The molecule has 0 amide bonds. The molecular formula is C8H12N2O3. The summed E-state index contributed by atoms with van der Waals surface area (Å²) in [6, 6.07) is 1.49. The lowest BCUT2D eigenvalue weighted by Crippen LogP contribution is -2.05. The molecule has 0 radical (unpaired) electrons. The second-order valence-electron chi connectivity index (χ2n) is 2.56. The van der Waals surface area contributed by atoms with Gasteiger partial charge in [-0.1, -0.05) is 0 Å². The number of hydrogen-bond acceptors (Lipinski definition) is 4. The van der Waals surface area contributed by atoms with Gasteiger partial charge in [0.1, 0.15) is 0 Å². The topological polar surface area (TPSA) is 75.2 Å². The van der Waals surface area contributed by atoms with Gasteiger partial charge in [0.05, 0.1) is 13.0 Å². The first kappa shape index (κ1) is 9.57. The van der Waals surface area contributed by atoms with Crippen LogP contribution in [0.3, 0.4) is 0 Å².